The van der Waals surface area contributed by atoms with Gasteiger partial charge in [-0.15, -0.1) is 0 Å². The molecule has 1 fully saturated rings. The van der Waals surface area contributed by atoms with Gasteiger partial charge in [-0.2, -0.15) is 5.10 Å². The van der Waals surface area contributed by atoms with Gasteiger partial charge in [-0.25, -0.2) is 0 Å². The van der Waals surface area contributed by atoms with Gasteiger partial charge < -0.3 is 5.11 Å². The molecule has 1 aliphatic rings. The molecule has 0 aromatic carbocycles. The van der Waals surface area contributed by atoms with Crippen LogP contribution in [0.3, 0.4) is 0 Å². The van der Waals surface area contributed by atoms with Crippen molar-refractivity contribution in [1.29, 1.82) is 0 Å². The van der Waals surface area contributed by atoms with Crippen LogP contribution in [0, 0.1) is 13.8 Å². The van der Waals surface area contributed by atoms with Crippen molar-refractivity contribution in [3.8, 4) is 0 Å². The van der Waals surface area contributed by atoms with E-state index in [1.165, 1.54) is 30.8 Å². The topological polar surface area (TPSA) is 41.3 Å². The van der Waals surface area contributed by atoms with Gasteiger partial charge in [0.2, 0.25) is 0 Å². The minimum Gasteiger partial charge on any atom is -0.394 e. The van der Waals surface area contributed by atoms with Crippen molar-refractivity contribution < 1.29 is 5.11 Å². The second-order valence-electron chi connectivity index (χ2n) is 4.23. The molecule has 84 valence electrons. The molecule has 0 saturated carbocycles. The zero-order valence-electron chi connectivity index (χ0n) is 9.53. The molecule has 1 aliphatic heterocycles. The third kappa shape index (κ3) is 2.06. The Balaban J connectivity index is 2.14. The van der Waals surface area contributed by atoms with Crippen molar-refractivity contribution in [2.75, 3.05) is 19.7 Å². The Bertz CT molecular complexity index is 342. The number of nitrogens with zero attached hydrogens (tertiary/aromatic N) is 3. The zero-order valence-corrected chi connectivity index (χ0v) is 9.53. The Morgan fingerprint density at radius 2 is 2.07 bits per heavy atom. The summed E-state index contributed by atoms with van der Waals surface area (Å²) in [5.74, 6) is 0. The highest BCUT2D eigenvalue weighted by molar-refractivity contribution is 5.24. The normalized spacial score (nSPS) is 16.7. The molecule has 0 atom stereocenters. The van der Waals surface area contributed by atoms with E-state index in [0.29, 0.717) is 6.54 Å². The first-order valence-electron chi connectivity index (χ1n) is 5.58. The molecule has 0 unspecified atom stereocenters. The summed E-state index contributed by atoms with van der Waals surface area (Å²) in [4.78, 5) is 2.43. The van der Waals surface area contributed by atoms with Gasteiger partial charge in [0.05, 0.1) is 18.8 Å². The van der Waals surface area contributed by atoms with E-state index in [2.05, 4.69) is 23.8 Å². The molecular formula is C11H19N3O. The predicted molar refractivity (Wildman–Crippen MR) is 58.7 cm³/mol. The fourth-order valence-corrected chi connectivity index (χ4v) is 2.04. The standard InChI is InChI=1S/C11H19N3O/c1-9-11(8-13-4-3-5-13)10(2)14(12-9)6-7-15/h15H,3-8H2,1-2H3. The van der Waals surface area contributed by atoms with Crippen molar-refractivity contribution in [3.63, 3.8) is 0 Å². The van der Waals surface area contributed by atoms with Crippen LogP contribution in [0.2, 0.25) is 0 Å². The van der Waals surface area contributed by atoms with Crippen LogP contribution >= 0.6 is 0 Å². The van der Waals surface area contributed by atoms with E-state index in [9.17, 15) is 0 Å². The van der Waals surface area contributed by atoms with Crippen LogP contribution < -0.4 is 0 Å². The van der Waals surface area contributed by atoms with E-state index < -0.39 is 0 Å². The van der Waals surface area contributed by atoms with Crippen LogP contribution in [-0.2, 0) is 13.1 Å². The molecule has 0 spiro atoms. The van der Waals surface area contributed by atoms with E-state index in [1.807, 2.05) is 4.68 Å². The average molecular weight is 209 g/mol. The molecule has 2 heterocycles. The molecule has 0 radical (unpaired) electrons. The Morgan fingerprint density at radius 1 is 1.33 bits per heavy atom. The number of aliphatic hydroxyl groups is 1. The number of hydrogen-bond acceptors (Lipinski definition) is 3. The first-order chi connectivity index (χ1) is 7.22. The lowest BCUT2D eigenvalue weighted by atomic mass is 10.1. The highest BCUT2D eigenvalue weighted by Gasteiger charge is 2.18. The largest absolute Gasteiger partial charge is 0.394 e. The van der Waals surface area contributed by atoms with Gasteiger partial charge in [0.25, 0.3) is 0 Å². The monoisotopic (exact) mass is 209 g/mol. The van der Waals surface area contributed by atoms with Crippen LogP contribution in [0.15, 0.2) is 0 Å². The Kier molecular flexibility index (Phi) is 3.07. The third-order valence-electron chi connectivity index (χ3n) is 3.17. The SMILES string of the molecule is Cc1nn(CCO)c(C)c1CN1CCC1. The lowest BCUT2D eigenvalue weighted by Gasteiger charge is -2.30. The van der Waals surface area contributed by atoms with Crippen molar-refractivity contribution in [3.05, 3.63) is 17.0 Å². The van der Waals surface area contributed by atoms with Gasteiger partial charge in [-0.05, 0) is 33.4 Å². The second kappa shape index (κ2) is 4.33. The van der Waals surface area contributed by atoms with Gasteiger partial charge in [0.1, 0.15) is 0 Å². The number of aliphatic hydroxyl groups excluding tert-OH is 1. The van der Waals surface area contributed by atoms with Gasteiger partial charge in [-0.1, -0.05) is 0 Å². The summed E-state index contributed by atoms with van der Waals surface area (Å²) in [7, 11) is 0. The number of hydrogen-bond donors (Lipinski definition) is 1. The minimum absolute atomic E-state index is 0.158. The summed E-state index contributed by atoms with van der Waals surface area (Å²) in [5.41, 5.74) is 3.64. The smallest absolute Gasteiger partial charge is 0.0644 e. The Hall–Kier alpha value is -0.870. The summed E-state index contributed by atoms with van der Waals surface area (Å²) in [5, 5.41) is 13.4. The number of aryl methyl sites for hydroxylation is 1. The molecule has 1 aromatic rings. The lowest BCUT2D eigenvalue weighted by Crippen LogP contribution is -2.36. The highest BCUT2D eigenvalue weighted by Crippen LogP contribution is 2.18. The van der Waals surface area contributed by atoms with Gasteiger partial charge in [0, 0.05) is 17.8 Å². The van der Waals surface area contributed by atoms with Gasteiger partial charge >= 0.3 is 0 Å². The van der Waals surface area contributed by atoms with Crippen LogP contribution in [0.25, 0.3) is 0 Å². The predicted octanol–water partition coefficient (Wildman–Crippen LogP) is 0.698. The van der Waals surface area contributed by atoms with Crippen LogP contribution in [0.5, 0.6) is 0 Å². The molecule has 15 heavy (non-hydrogen) atoms. The Labute approximate surface area is 90.5 Å². The fraction of sp³-hybridized carbons (Fsp3) is 0.727. The van der Waals surface area contributed by atoms with Crippen molar-refractivity contribution >= 4 is 0 Å². The minimum atomic E-state index is 0.158. The lowest BCUT2D eigenvalue weighted by molar-refractivity contribution is 0.172. The van der Waals surface area contributed by atoms with Crippen LogP contribution in [-0.4, -0.2) is 39.5 Å². The molecule has 0 aliphatic carbocycles. The quantitative estimate of drug-likeness (QED) is 0.793. The Morgan fingerprint density at radius 3 is 2.60 bits per heavy atom. The second-order valence-corrected chi connectivity index (χ2v) is 4.23. The highest BCUT2D eigenvalue weighted by atomic mass is 16.3. The van der Waals surface area contributed by atoms with E-state index in [0.717, 1.165) is 12.2 Å². The van der Waals surface area contributed by atoms with Crippen molar-refractivity contribution in [1.82, 2.24) is 14.7 Å². The van der Waals surface area contributed by atoms with Gasteiger partial charge in [-0.3, -0.25) is 9.58 Å². The summed E-state index contributed by atoms with van der Waals surface area (Å²) < 4.78 is 1.91. The summed E-state index contributed by atoms with van der Waals surface area (Å²) in [6.45, 7) is 8.34. The molecule has 0 bridgehead atoms. The summed E-state index contributed by atoms with van der Waals surface area (Å²) >= 11 is 0. The maximum atomic E-state index is 8.91. The number of rotatable bonds is 4. The average Bonchev–Trinajstić information content (AvgIpc) is 2.38. The molecule has 4 nitrogen and oxygen atoms in total. The first kappa shape index (κ1) is 10.6. The molecule has 1 saturated heterocycles. The van der Waals surface area contributed by atoms with Crippen molar-refractivity contribution in [2.45, 2.75) is 33.4 Å². The zero-order chi connectivity index (χ0) is 10.8. The molecular weight excluding hydrogens is 190 g/mol. The van der Waals surface area contributed by atoms with Crippen LogP contribution in [0.1, 0.15) is 23.4 Å². The fourth-order valence-electron chi connectivity index (χ4n) is 2.04. The van der Waals surface area contributed by atoms with Crippen molar-refractivity contribution in [2.24, 2.45) is 0 Å². The third-order valence-corrected chi connectivity index (χ3v) is 3.17. The molecule has 0 amide bonds. The van der Waals surface area contributed by atoms with Gasteiger partial charge in [0.15, 0.2) is 0 Å². The van der Waals surface area contributed by atoms with E-state index in [4.69, 9.17) is 5.11 Å². The maximum absolute atomic E-state index is 8.91. The molecule has 1 aromatic heterocycles. The maximum Gasteiger partial charge on any atom is 0.0644 e. The van der Waals surface area contributed by atoms with Crippen LogP contribution in [0.4, 0.5) is 0 Å². The molecule has 1 N–H and O–H groups in total. The van der Waals surface area contributed by atoms with E-state index in [-0.39, 0.29) is 6.61 Å². The summed E-state index contributed by atoms with van der Waals surface area (Å²) in [6, 6.07) is 0. The van der Waals surface area contributed by atoms with E-state index >= 15 is 0 Å². The molecule has 2 rings (SSSR count). The summed E-state index contributed by atoms with van der Waals surface area (Å²) in [6.07, 6.45) is 1.32. The van der Waals surface area contributed by atoms with E-state index in [1.54, 1.807) is 0 Å². The number of aromatic nitrogens is 2. The first-order valence-corrected chi connectivity index (χ1v) is 5.58. The molecule has 4 heteroatoms. The number of likely N-dealkylation sites (tertiary alicyclic amines) is 1.